The molecule has 1 aromatic rings. The van der Waals surface area contributed by atoms with Crippen LogP contribution in [0.15, 0.2) is 12.1 Å². The lowest BCUT2D eigenvalue weighted by molar-refractivity contribution is -0.136. The summed E-state index contributed by atoms with van der Waals surface area (Å²) in [6.45, 7) is 2.38. The first-order valence-electron chi connectivity index (χ1n) is 6.98. The molecule has 2 N–H and O–H groups in total. The zero-order valence-electron chi connectivity index (χ0n) is 12.0. The molecule has 2 aliphatic heterocycles. The van der Waals surface area contributed by atoms with Crippen molar-refractivity contribution in [1.82, 2.24) is 10.2 Å². The number of fused-ring (bicyclic) bond motifs is 1. The van der Waals surface area contributed by atoms with Crippen molar-refractivity contribution in [3.8, 4) is 0 Å². The topological polar surface area (TPSA) is 78.5 Å². The van der Waals surface area contributed by atoms with Crippen molar-refractivity contribution >= 4 is 23.4 Å². The van der Waals surface area contributed by atoms with Crippen LogP contribution in [0.3, 0.4) is 0 Å². The molecular weight excluding hydrogens is 270 g/mol. The first-order valence-corrected chi connectivity index (χ1v) is 6.98. The van der Waals surface area contributed by atoms with E-state index in [0.717, 1.165) is 16.8 Å². The van der Waals surface area contributed by atoms with E-state index in [9.17, 15) is 14.4 Å². The van der Waals surface area contributed by atoms with Crippen LogP contribution in [-0.2, 0) is 16.1 Å². The average molecular weight is 287 g/mol. The van der Waals surface area contributed by atoms with E-state index in [1.165, 1.54) is 0 Å². The maximum atomic E-state index is 12.5. The minimum Gasteiger partial charge on any atom is -0.388 e. The van der Waals surface area contributed by atoms with Gasteiger partial charge >= 0.3 is 0 Å². The molecule has 1 atom stereocenters. The van der Waals surface area contributed by atoms with Gasteiger partial charge < -0.3 is 10.2 Å². The van der Waals surface area contributed by atoms with Crippen molar-refractivity contribution < 1.29 is 14.4 Å². The molecular formula is C15H17N3O3. The summed E-state index contributed by atoms with van der Waals surface area (Å²) in [5.74, 6) is -0.793. The summed E-state index contributed by atoms with van der Waals surface area (Å²) in [6, 6.07) is 3.14. The van der Waals surface area contributed by atoms with Crippen LogP contribution >= 0.6 is 0 Å². The van der Waals surface area contributed by atoms with Crippen molar-refractivity contribution in [3.05, 3.63) is 28.8 Å². The molecule has 0 aliphatic carbocycles. The number of nitrogens with zero attached hydrogens (tertiary/aromatic N) is 1. The third kappa shape index (κ3) is 2.07. The van der Waals surface area contributed by atoms with E-state index >= 15 is 0 Å². The minimum atomic E-state index is -0.562. The quantitative estimate of drug-likeness (QED) is 0.789. The fourth-order valence-corrected chi connectivity index (χ4v) is 3.11. The van der Waals surface area contributed by atoms with Crippen molar-refractivity contribution in [1.29, 1.82) is 0 Å². The SMILES string of the molecule is CNc1c(C)ccc2c1CN(C1CCC(=O)NC1=O)C2=O. The second-order valence-corrected chi connectivity index (χ2v) is 5.43. The summed E-state index contributed by atoms with van der Waals surface area (Å²) in [4.78, 5) is 37.3. The van der Waals surface area contributed by atoms with Crippen molar-refractivity contribution in [2.24, 2.45) is 0 Å². The summed E-state index contributed by atoms with van der Waals surface area (Å²) in [7, 11) is 1.82. The Hall–Kier alpha value is -2.37. The average Bonchev–Trinajstić information content (AvgIpc) is 2.76. The number of benzene rings is 1. The molecule has 0 bridgehead atoms. The molecule has 1 saturated heterocycles. The van der Waals surface area contributed by atoms with E-state index in [0.29, 0.717) is 18.5 Å². The highest BCUT2D eigenvalue weighted by molar-refractivity contribution is 6.06. The lowest BCUT2D eigenvalue weighted by atomic mass is 10.0. The second kappa shape index (κ2) is 4.87. The van der Waals surface area contributed by atoms with Crippen molar-refractivity contribution in [2.75, 3.05) is 12.4 Å². The Bertz CT molecular complexity index is 654. The second-order valence-electron chi connectivity index (χ2n) is 5.43. The fourth-order valence-electron chi connectivity index (χ4n) is 3.11. The predicted octanol–water partition coefficient (Wildman–Crippen LogP) is 0.798. The van der Waals surface area contributed by atoms with Crippen LogP contribution in [0.25, 0.3) is 0 Å². The monoisotopic (exact) mass is 287 g/mol. The predicted molar refractivity (Wildman–Crippen MR) is 76.8 cm³/mol. The van der Waals surface area contributed by atoms with Gasteiger partial charge in [-0.25, -0.2) is 0 Å². The van der Waals surface area contributed by atoms with Crippen molar-refractivity contribution in [2.45, 2.75) is 32.4 Å². The molecule has 0 saturated carbocycles. The Kier molecular flexibility index (Phi) is 3.16. The van der Waals surface area contributed by atoms with E-state index in [2.05, 4.69) is 10.6 Å². The molecule has 2 aliphatic rings. The molecule has 3 rings (SSSR count). The molecule has 21 heavy (non-hydrogen) atoms. The lowest BCUT2D eigenvalue weighted by Crippen LogP contribution is -2.52. The summed E-state index contributed by atoms with van der Waals surface area (Å²) in [6.07, 6.45) is 0.659. The Morgan fingerprint density at radius 3 is 2.71 bits per heavy atom. The van der Waals surface area contributed by atoms with E-state index in [-0.39, 0.29) is 24.1 Å². The third-order valence-electron chi connectivity index (χ3n) is 4.18. The van der Waals surface area contributed by atoms with Gasteiger partial charge in [0.1, 0.15) is 6.04 Å². The third-order valence-corrected chi connectivity index (χ3v) is 4.18. The number of aryl methyl sites for hydroxylation is 1. The molecule has 0 spiro atoms. The van der Waals surface area contributed by atoms with Gasteiger partial charge in [-0.05, 0) is 25.0 Å². The number of nitrogens with one attached hydrogen (secondary N) is 2. The van der Waals surface area contributed by atoms with Crippen LogP contribution in [-0.4, -0.2) is 35.7 Å². The summed E-state index contributed by atoms with van der Waals surface area (Å²) in [5.41, 5.74) is 3.56. The zero-order chi connectivity index (χ0) is 15.1. The maximum absolute atomic E-state index is 12.5. The van der Waals surface area contributed by atoms with Gasteiger partial charge in [-0.1, -0.05) is 6.07 Å². The highest BCUT2D eigenvalue weighted by Crippen LogP contribution is 2.33. The standard InChI is InChI=1S/C15H17N3O3/c1-8-3-4-9-10(13(8)16-2)7-18(15(9)21)11-5-6-12(19)17-14(11)20/h3-4,11,16H,5-7H2,1-2H3,(H,17,19,20). The largest absolute Gasteiger partial charge is 0.388 e. The lowest BCUT2D eigenvalue weighted by Gasteiger charge is -2.29. The molecule has 0 aromatic heterocycles. The minimum absolute atomic E-state index is 0.143. The molecule has 2 heterocycles. The number of carbonyl (C=O) groups excluding carboxylic acids is 3. The molecule has 1 unspecified atom stereocenters. The number of hydrogen-bond donors (Lipinski definition) is 2. The Morgan fingerprint density at radius 2 is 2.05 bits per heavy atom. The number of hydrogen-bond acceptors (Lipinski definition) is 4. The molecule has 6 nitrogen and oxygen atoms in total. The summed E-state index contributed by atoms with van der Waals surface area (Å²) >= 11 is 0. The van der Waals surface area contributed by atoms with Crippen LogP contribution in [0.4, 0.5) is 5.69 Å². The highest BCUT2D eigenvalue weighted by Gasteiger charge is 2.39. The van der Waals surface area contributed by atoms with Gasteiger partial charge in [0.05, 0.1) is 0 Å². The maximum Gasteiger partial charge on any atom is 0.255 e. The molecule has 0 radical (unpaired) electrons. The highest BCUT2D eigenvalue weighted by atomic mass is 16.2. The van der Waals surface area contributed by atoms with Gasteiger partial charge in [0, 0.05) is 36.8 Å². The first-order chi connectivity index (χ1) is 10.0. The van der Waals surface area contributed by atoms with Crippen LogP contribution in [0.5, 0.6) is 0 Å². The van der Waals surface area contributed by atoms with E-state index < -0.39 is 6.04 Å². The fraction of sp³-hybridized carbons (Fsp3) is 0.400. The van der Waals surface area contributed by atoms with Crippen LogP contribution in [0.2, 0.25) is 0 Å². The van der Waals surface area contributed by atoms with Gasteiger partial charge in [0.2, 0.25) is 11.8 Å². The number of rotatable bonds is 2. The smallest absolute Gasteiger partial charge is 0.255 e. The van der Waals surface area contributed by atoms with Crippen molar-refractivity contribution in [3.63, 3.8) is 0 Å². The molecule has 6 heteroatoms. The molecule has 3 amide bonds. The van der Waals surface area contributed by atoms with E-state index in [4.69, 9.17) is 0 Å². The van der Waals surface area contributed by atoms with Gasteiger partial charge in [-0.15, -0.1) is 0 Å². The molecule has 110 valence electrons. The first kappa shape index (κ1) is 13.6. The number of piperidine rings is 1. The van der Waals surface area contributed by atoms with Gasteiger partial charge in [-0.2, -0.15) is 0 Å². The zero-order valence-corrected chi connectivity index (χ0v) is 12.0. The Morgan fingerprint density at radius 1 is 1.29 bits per heavy atom. The van der Waals surface area contributed by atoms with Gasteiger partial charge in [0.15, 0.2) is 0 Å². The summed E-state index contributed by atoms with van der Waals surface area (Å²) in [5, 5.41) is 5.43. The normalized spacial score (nSPS) is 21.3. The molecule has 1 fully saturated rings. The summed E-state index contributed by atoms with van der Waals surface area (Å²) < 4.78 is 0. The van der Waals surface area contributed by atoms with E-state index in [1.54, 1.807) is 11.0 Å². The van der Waals surface area contributed by atoms with Crippen LogP contribution < -0.4 is 10.6 Å². The van der Waals surface area contributed by atoms with Crippen LogP contribution in [0.1, 0.15) is 34.3 Å². The van der Waals surface area contributed by atoms with Gasteiger partial charge in [0.25, 0.3) is 5.91 Å². The number of amides is 3. The number of carbonyl (C=O) groups is 3. The molecule has 1 aromatic carbocycles. The number of imide groups is 1. The van der Waals surface area contributed by atoms with Gasteiger partial charge in [-0.3, -0.25) is 19.7 Å². The Balaban J connectivity index is 1.93. The van der Waals surface area contributed by atoms with E-state index in [1.807, 2.05) is 20.0 Å². The Labute approximate surface area is 122 Å². The van der Waals surface area contributed by atoms with Crippen LogP contribution in [0, 0.1) is 6.92 Å². The number of anilines is 1.